The highest BCUT2D eigenvalue weighted by molar-refractivity contribution is 9.10. The van der Waals surface area contributed by atoms with Crippen LogP contribution in [0.4, 0.5) is 11.8 Å². The quantitative estimate of drug-likeness (QED) is 0.843. The van der Waals surface area contributed by atoms with Gasteiger partial charge in [0.25, 0.3) is 0 Å². The highest BCUT2D eigenvalue weighted by atomic mass is 79.9. The Kier molecular flexibility index (Phi) is 4.97. The third-order valence-electron chi connectivity index (χ3n) is 2.93. The van der Waals surface area contributed by atoms with Crippen molar-refractivity contribution < 1.29 is 4.42 Å². The van der Waals surface area contributed by atoms with Crippen LogP contribution < -0.4 is 10.6 Å². The largest absolute Gasteiger partial charge is 0.468 e. The van der Waals surface area contributed by atoms with Crippen molar-refractivity contribution in [1.82, 2.24) is 14.9 Å². The average Bonchev–Trinajstić information content (AvgIpc) is 2.94. The van der Waals surface area contributed by atoms with Gasteiger partial charge in [-0.2, -0.15) is 4.98 Å². The molecule has 2 N–H and O–H groups in total. The normalized spacial score (nSPS) is 12.4. The van der Waals surface area contributed by atoms with E-state index in [9.17, 15) is 0 Å². The molecule has 20 heavy (non-hydrogen) atoms. The van der Waals surface area contributed by atoms with Gasteiger partial charge in [-0.25, -0.2) is 4.98 Å². The number of hydrogen-bond acceptors (Lipinski definition) is 6. The molecule has 0 saturated carbocycles. The predicted molar refractivity (Wildman–Crippen MR) is 82.9 cm³/mol. The number of likely N-dealkylation sites (N-methyl/N-ethyl adjacent to an activating group) is 1. The van der Waals surface area contributed by atoms with Crippen molar-refractivity contribution in [2.75, 3.05) is 38.3 Å². The van der Waals surface area contributed by atoms with Crippen molar-refractivity contribution in [2.24, 2.45) is 0 Å². The summed E-state index contributed by atoms with van der Waals surface area (Å²) in [6, 6.07) is 3.98. The lowest BCUT2D eigenvalue weighted by atomic mass is 10.2. The maximum absolute atomic E-state index is 5.47. The van der Waals surface area contributed by atoms with Crippen molar-refractivity contribution in [1.29, 1.82) is 0 Å². The molecule has 0 radical (unpaired) electrons. The first kappa shape index (κ1) is 14.8. The molecule has 0 aliphatic rings. The molecule has 0 unspecified atom stereocenters. The summed E-state index contributed by atoms with van der Waals surface area (Å²) in [5.74, 6) is 2.24. The van der Waals surface area contributed by atoms with Crippen LogP contribution in [-0.4, -0.2) is 42.6 Å². The van der Waals surface area contributed by atoms with Crippen LogP contribution in [0, 0.1) is 0 Å². The molecule has 7 heteroatoms. The topological polar surface area (TPSA) is 66.2 Å². The molecular weight excluding hydrogens is 322 g/mol. The number of furan rings is 1. The van der Waals surface area contributed by atoms with Crippen molar-refractivity contribution in [3.63, 3.8) is 0 Å². The molecular formula is C13H18BrN5O. The summed E-state index contributed by atoms with van der Waals surface area (Å²) in [6.45, 7) is 0.658. The van der Waals surface area contributed by atoms with Crippen LogP contribution in [0.5, 0.6) is 0 Å². The summed E-state index contributed by atoms with van der Waals surface area (Å²) in [5, 5.41) is 6.24. The molecule has 0 amide bonds. The number of nitrogens with zero attached hydrogens (tertiary/aromatic N) is 3. The minimum atomic E-state index is 0.121. The Balaban J connectivity index is 2.06. The van der Waals surface area contributed by atoms with E-state index < -0.39 is 0 Å². The SMILES string of the molecule is CNc1nc(NC[C@H](c2ccco2)N(C)C)ncc1Br. The Morgan fingerprint density at radius 1 is 1.45 bits per heavy atom. The molecule has 0 bridgehead atoms. The Hall–Kier alpha value is -1.60. The van der Waals surface area contributed by atoms with E-state index in [1.165, 1.54) is 0 Å². The predicted octanol–water partition coefficient (Wildman–Crippen LogP) is 2.59. The van der Waals surface area contributed by atoms with Gasteiger partial charge in [-0.05, 0) is 42.2 Å². The van der Waals surface area contributed by atoms with E-state index >= 15 is 0 Å². The van der Waals surface area contributed by atoms with Crippen LogP contribution in [0.15, 0.2) is 33.5 Å². The first-order chi connectivity index (χ1) is 9.61. The summed E-state index contributed by atoms with van der Waals surface area (Å²) < 4.78 is 6.30. The number of hydrogen-bond donors (Lipinski definition) is 2. The first-order valence-electron chi connectivity index (χ1n) is 6.25. The molecule has 2 rings (SSSR count). The lowest BCUT2D eigenvalue weighted by Crippen LogP contribution is -2.27. The Bertz CT molecular complexity index is 544. The lowest BCUT2D eigenvalue weighted by molar-refractivity contribution is 0.269. The standard InChI is InChI=1S/C13H18BrN5O/c1-15-12-9(14)7-16-13(18-12)17-8-10(19(2)3)11-5-4-6-20-11/h4-7,10H,8H2,1-3H3,(H2,15,16,17,18)/t10-/m1/s1. The Morgan fingerprint density at radius 3 is 2.85 bits per heavy atom. The lowest BCUT2D eigenvalue weighted by Gasteiger charge is -2.22. The maximum Gasteiger partial charge on any atom is 0.224 e. The molecule has 0 saturated heterocycles. The van der Waals surface area contributed by atoms with Crippen molar-refractivity contribution in [3.8, 4) is 0 Å². The van der Waals surface area contributed by atoms with E-state index in [2.05, 4.69) is 41.4 Å². The van der Waals surface area contributed by atoms with Gasteiger partial charge < -0.3 is 15.1 Å². The van der Waals surface area contributed by atoms with E-state index in [0.29, 0.717) is 12.5 Å². The monoisotopic (exact) mass is 339 g/mol. The summed E-state index contributed by atoms with van der Waals surface area (Å²) in [6.07, 6.45) is 3.40. The summed E-state index contributed by atoms with van der Waals surface area (Å²) in [7, 11) is 5.84. The summed E-state index contributed by atoms with van der Waals surface area (Å²) in [4.78, 5) is 10.7. The van der Waals surface area contributed by atoms with Crippen LogP contribution in [0.2, 0.25) is 0 Å². The van der Waals surface area contributed by atoms with Crippen molar-refractivity contribution in [2.45, 2.75) is 6.04 Å². The fraction of sp³-hybridized carbons (Fsp3) is 0.385. The van der Waals surface area contributed by atoms with E-state index in [0.717, 1.165) is 16.1 Å². The Labute approximate surface area is 126 Å². The van der Waals surface area contributed by atoms with Gasteiger partial charge in [-0.1, -0.05) is 0 Å². The van der Waals surface area contributed by atoms with Gasteiger partial charge in [-0.15, -0.1) is 0 Å². The zero-order chi connectivity index (χ0) is 14.5. The van der Waals surface area contributed by atoms with Crippen LogP contribution >= 0.6 is 15.9 Å². The van der Waals surface area contributed by atoms with Gasteiger partial charge >= 0.3 is 0 Å². The highest BCUT2D eigenvalue weighted by Gasteiger charge is 2.17. The second kappa shape index (κ2) is 6.71. The third kappa shape index (κ3) is 3.49. The van der Waals surface area contributed by atoms with Crippen molar-refractivity contribution >= 4 is 27.7 Å². The van der Waals surface area contributed by atoms with Gasteiger partial charge in [0.15, 0.2) is 0 Å². The third-order valence-corrected chi connectivity index (χ3v) is 3.51. The van der Waals surface area contributed by atoms with Crippen LogP contribution in [0.1, 0.15) is 11.8 Å². The zero-order valence-electron chi connectivity index (χ0n) is 11.7. The zero-order valence-corrected chi connectivity index (χ0v) is 13.3. The molecule has 108 valence electrons. The number of aromatic nitrogens is 2. The van der Waals surface area contributed by atoms with Gasteiger partial charge in [0.1, 0.15) is 11.6 Å². The first-order valence-corrected chi connectivity index (χ1v) is 7.05. The number of halogens is 1. The number of rotatable bonds is 6. The van der Waals surface area contributed by atoms with Gasteiger partial charge in [0.05, 0.1) is 16.8 Å². The van der Waals surface area contributed by atoms with Crippen LogP contribution in [0.3, 0.4) is 0 Å². The molecule has 1 atom stereocenters. The summed E-state index contributed by atoms with van der Waals surface area (Å²) >= 11 is 3.39. The number of nitrogens with one attached hydrogen (secondary N) is 2. The molecule has 0 spiro atoms. The molecule has 0 aromatic carbocycles. The van der Waals surface area contributed by atoms with Crippen LogP contribution in [0.25, 0.3) is 0 Å². The minimum absolute atomic E-state index is 0.121. The average molecular weight is 340 g/mol. The minimum Gasteiger partial charge on any atom is -0.468 e. The van der Waals surface area contributed by atoms with Crippen molar-refractivity contribution in [3.05, 3.63) is 34.8 Å². The molecule has 0 fully saturated rings. The van der Waals surface area contributed by atoms with E-state index in [4.69, 9.17) is 4.42 Å². The summed E-state index contributed by atoms with van der Waals surface area (Å²) in [5.41, 5.74) is 0. The second-order valence-electron chi connectivity index (χ2n) is 4.52. The highest BCUT2D eigenvalue weighted by Crippen LogP contribution is 2.21. The molecule has 2 heterocycles. The van der Waals surface area contributed by atoms with Crippen LogP contribution in [-0.2, 0) is 0 Å². The molecule has 6 nitrogen and oxygen atoms in total. The van der Waals surface area contributed by atoms with E-state index in [1.807, 2.05) is 33.3 Å². The fourth-order valence-corrected chi connectivity index (χ4v) is 2.22. The van der Waals surface area contributed by atoms with E-state index in [1.54, 1.807) is 12.5 Å². The smallest absolute Gasteiger partial charge is 0.224 e. The maximum atomic E-state index is 5.47. The number of anilines is 2. The molecule has 2 aromatic heterocycles. The molecule has 0 aliphatic heterocycles. The molecule has 2 aromatic rings. The van der Waals surface area contributed by atoms with Gasteiger partial charge in [0.2, 0.25) is 5.95 Å². The van der Waals surface area contributed by atoms with Gasteiger partial charge in [0, 0.05) is 19.8 Å². The Morgan fingerprint density at radius 2 is 2.25 bits per heavy atom. The molecule has 0 aliphatic carbocycles. The van der Waals surface area contributed by atoms with E-state index in [-0.39, 0.29) is 6.04 Å². The van der Waals surface area contributed by atoms with Gasteiger partial charge in [-0.3, -0.25) is 4.90 Å². The second-order valence-corrected chi connectivity index (χ2v) is 5.37. The fourth-order valence-electron chi connectivity index (χ4n) is 1.83.